The second-order valence-electron chi connectivity index (χ2n) is 7.60. The number of aromatic nitrogens is 2. The molecule has 164 valence electrons. The molecule has 0 unspecified atom stereocenters. The zero-order valence-corrected chi connectivity index (χ0v) is 17.7. The van der Waals surface area contributed by atoms with Gasteiger partial charge in [0.25, 0.3) is 0 Å². The fourth-order valence-electron chi connectivity index (χ4n) is 3.63. The van der Waals surface area contributed by atoms with Gasteiger partial charge in [-0.05, 0) is 46.5 Å². The van der Waals surface area contributed by atoms with E-state index >= 15 is 0 Å². The summed E-state index contributed by atoms with van der Waals surface area (Å²) >= 11 is 0. The highest BCUT2D eigenvalue weighted by Crippen LogP contribution is 2.26. The van der Waals surface area contributed by atoms with Crippen molar-refractivity contribution in [2.75, 3.05) is 0 Å². The van der Waals surface area contributed by atoms with E-state index in [0.717, 1.165) is 16.7 Å². The number of hydrogen-bond donors (Lipinski definition) is 2. The summed E-state index contributed by atoms with van der Waals surface area (Å²) in [6.45, 7) is 0.672. The van der Waals surface area contributed by atoms with E-state index in [1.54, 1.807) is 47.4 Å². The third kappa shape index (κ3) is 5.25. The van der Waals surface area contributed by atoms with Gasteiger partial charge in [-0.3, -0.25) is 4.79 Å². The van der Waals surface area contributed by atoms with Crippen LogP contribution in [0.3, 0.4) is 0 Å². The molecule has 33 heavy (non-hydrogen) atoms. The molecular weight excluding hydrogens is 419 g/mol. The van der Waals surface area contributed by atoms with Gasteiger partial charge in [0.15, 0.2) is 0 Å². The number of hydrogen-bond acceptors (Lipinski definition) is 4. The number of benzene rings is 3. The van der Waals surface area contributed by atoms with Gasteiger partial charge in [0.05, 0.1) is 18.3 Å². The first-order chi connectivity index (χ1) is 16.0. The van der Waals surface area contributed by atoms with Gasteiger partial charge in [-0.2, -0.15) is 5.26 Å². The highest BCUT2D eigenvalue weighted by Gasteiger charge is 2.12. The van der Waals surface area contributed by atoms with Crippen molar-refractivity contribution in [2.24, 2.45) is 0 Å². The number of carbonyl (C=O) groups is 1. The van der Waals surface area contributed by atoms with Gasteiger partial charge in [-0.1, -0.05) is 42.5 Å². The number of imidazole rings is 1. The lowest BCUT2D eigenvalue weighted by molar-refractivity contribution is -0.120. The summed E-state index contributed by atoms with van der Waals surface area (Å²) in [4.78, 5) is 16.8. The zero-order valence-electron chi connectivity index (χ0n) is 17.7. The van der Waals surface area contributed by atoms with Crippen molar-refractivity contribution in [1.82, 2.24) is 14.9 Å². The molecule has 0 radical (unpaired) electrons. The number of rotatable bonds is 7. The molecule has 0 saturated carbocycles. The number of aromatic hydroxyl groups is 1. The van der Waals surface area contributed by atoms with E-state index in [1.165, 1.54) is 12.1 Å². The zero-order chi connectivity index (χ0) is 23.2. The average molecular weight is 440 g/mol. The van der Waals surface area contributed by atoms with Crippen LogP contribution in [-0.2, 0) is 24.3 Å². The topological polar surface area (TPSA) is 90.9 Å². The Hall–Kier alpha value is -4.44. The number of nitrogens with one attached hydrogen (secondary N) is 1. The van der Waals surface area contributed by atoms with Crippen LogP contribution in [0.15, 0.2) is 79.3 Å². The summed E-state index contributed by atoms with van der Waals surface area (Å²) in [5.41, 5.74) is 4.09. The van der Waals surface area contributed by atoms with E-state index in [1.807, 2.05) is 30.3 Å². The minimum absolute atomic E-state index is 0.00465. The average Bonchev–Trinajstić information content (AvgIpc) is 3.24. The highest BCUT2D eigenvalue weighted by atomic mass is 19.1. The molecule has 0 aliphatic heterocycles. The Labute approximate surface area is 190 Å². The number of halogens is 1. The number of carbonyl (C=O) groups excluding carboxylic acids is 1. The van der Waals surface area contributed by atoms with Crippen molar-refractivity contribution in [3.63, 3.8) is 0 Å². The smallest absolute Gasteiger partial charge is 0.226 e. The summed E-state index contributed by atoms with van der Waals surface area (Å²) in [5.74, 6) is -0.560. The number of nitriles is 1. The third-order valence-corrected chi connectivity index (χ3v) is 5.30. The van der Waals surface area contributed by atoms with Crippen molar-refractivity contribution >= 4 is 5.91 Å². The number of phenols is 1. The maximum Gasteiger partial charge on any atom is 0.226 e. The van der Waals surface area contributed by atoms with Gasteiger partial charge in [-0.15, -0.1) is 0 Å². The molecule has 0 bridgehead atoms. The molecule has 0 spiro atoms. The predicted octanol–water partition coefficient (Wildman–Crippen LogP) is 4.17. The van der Waals surface area contributed by atoms with Crippen molar-refractivity contribution in [1.29, 1.82) is 5.26 Å². The van der Waals surface area contributed by atoms with Gasteiger partial charge in [0, 0.05) is 25.0 Å². The normalized spacial score (nSPS) is 10.5. The molecule has 1 heterocycles. The van der Waals surface area contributed by atoms with Gasteiger partial charge < -0.3 is 15.0 Å². The van der Waals surface area contributed by atoms with Crippen LogP contribution in [0.5, 0.6) is 5.75 Å². The van der Waals surface area contributed by atoms with Crippen LogP contribution < -0.4 is 5.32 Å². The molecule has 4 aromatic rings. The molecule has 0 atom stereocenters. The first kappa shape index (κ1) is 21.8. The van der Waals surface area contributed by atoms with E-state index in [2.05, 4.69) is 10.3 Å². The first-order valence-electron chi connectivity index (χ1n) is 10.3. The SMILES string of the molecule is N#Cc1ccc(Cn2cncc2CC(=O)NCc2ccccc2-c2cccc(O)c2)cc1F. The predicted molar refractivity (Wildman–Crippen MR) is 122 cm³/mol. The van der Waals surface area contributed by atoms with E-state index in [0.29, 0.717) is 24.3 Å². The molecule has 2 N–H and O–H groups in total. The van der Waals surface area contributed by atoms with Gasteiger partial charge in [0.2, 0.25) is 5.91 Å². The highest BCUT2D eigenvalue weighted by molar-refractivity contribution is 5.78. The molecular formula is C26H21FN4O2. The Morgan fingerprint density at radius 1 is 1.12 bits per heavy atom. The molecule has 3 aromatic carbocycles. The van der Waals surface area contributed by atoms with Crippen LogP contribution in [0, 0.1) is 17.1 Å². The van der Waals surface area contributed by atoms with Gasteiger partial charge in [0.1, 0.15) is 17.6 Å². The Balaban J connectivity index is 1.42. The third-order valence-electron chi connectivity index (χ3n) is 5.30. The largest absolute Gasteiger partial charge is 0.508 e. The van der Waals surface area contributed by atoms with Crippen LogP contribution >= 0.6 is 0 Å². The second-order valence-corrected chi connectivity index (χ2v) is 7.60. The first-order valence-corrected chi connectivity index (χ1v) is 10.3. The summed E-state index contributed by atoms with van der Waals surface area (Å²) in [5, 5.41) is 21.6. The Morgan fingerprint density at radius 3 is 2.76 bits per heavy atom. The Kier molecular flexibility index (Phi) is 6.46. The lowest BCUT2D eigenvalue weighted by atomic mass is 9.99. The van der Waals surface area contributed by atoms with E-state index in [9.17, 15) is 14.3 Å². The summed E-state index contributed by atoms with van der Waals surface area (Å²) in [7, 11) is 0. The van der Waals surface area contributed by atoms with E-state index < -0.39 is 5.82 Å². The van der Waals surface area contributed by atoms with Crippen LogP contribution in [0.1, 0.15) is 22.4 Å². The second kappa shape index (κ2) is 9.79. The molecule has 0 fully saturated rings. The van der Waals surface area contributed by atoms with E-state index in [-0.39, 0.29) is 23.6 Å². The minimum atomic E-state index is -0.570. The molecule has 4 rings (SSSR count). The summed E-state index contributed by atoms with van der Waals surface area (Å²) < 4.78 is 15.7. The molecule has 0 aliphatic rings. The maximum atomic E-state index is 13.9. The molecule has 1 amide bonds. The molecule has 0 aliphatic carbocycles. The Bertz CT molecular complexity index is 1340. The van der Waals surface area contributed by atoms with Crippen LogP contribution in [-0.4, -0.2) is 20.6 Å². The number of nitrogens with zero attached hydrogens (tertiary/aromatic N) is 3. The van der Waals surface area contributed by atoms with Crippen molar-refractivity contribution in [3.8, 4) is 22.9 Å². The van der Waals surface area contributed by atoms with Crippen LogP contribution in [0.2, 0.25) is 0 Å². The van der Waals surface area contributed by atoms with Gasteiger partial charge >= 0.3 is 0 Å². The number of amides is 1. The fourth-order valence-corrected chi connectivity index (χ4v) is 3.63. The number of phenolic OH excluding ortho intramolecular Hbond substituents is 1. The monoisotopic (exact) mass is 440 g/mol. The van der Waals surface area contributed by atoms with Crippen molar-refractivity contribution in [3.05, 3.63) is 107 Å². The van der Waals surface area contributed by atoms with Crippen LogP contribution in [0.25, 0.3) is 11.1 Å². The van der Waals surface area contributed by atoms with Crippen molar-refractivity contribution < 1.29 is 14.3 Å². The standard InChI is InChI=1S/C26H21FN4O2/c27-25-10-18(8-9-20(25)13-28)16-31-17-29-15-22(31)12-26(33)30-14-21-4-1-2-7-24(21)19-5-3-6-23(32)11-19/h1-11,15,17,32H,12,14,16H2,(H,30,33). The minimum Gasteiger partial charge on any atom is -0.508 e. The molecule has 6 nitrogen and oxygen atoms in total. The van der Waals surface area contributed by atoms with E-state index in [4.69, 9.17) is 5.26 Å². The summed E-state index contributed by atoms with van der Waals surface area (Å²) in [6, 6.07) is 20.9. The fraction of sp³-hybridized carbons (Fsp3) is 0.115. The molecule has 0 saturated heterocycles. The lowest BCUT2D eigenvalue weighted by Gasteiger charge is -2.12. The molecule has 7 heteroatoms. The lowest BCUT2D eigenvalue weighted by Crippen LogP contribution is -2.25. The summed E-state index contributed by atoms with van der Waals surface area (Å²) in [6.07, 6.45) is 3.32. The molecule has 1 aromatic heterocycles. The maximum absolute atomic E-state index is 13.9. The van der Waals surface area contributed by atoms with Crippen LogP contribution in [0.4, 0.5) is 4.39 Å². The van der Waals surface area contributed by atoms with Gasteiger partial charge in [-0.25, -0.2) is 9.37 Å². The quantitative estimate of drug-likeness (QED) is 0.451. The Morgan fingerprint density at radius 2 is 1.97 bits per heavy atom. The van der Waals surface area contributed by atoms with Crippen molar-refractivity contribution in [2.45, 2.75) is 19.5 Å².